The molecule has 0 aromatic heterocycles. The SMILES string of the molecule is COc1cccc(N2C(=O)[C@H]3[C@@H]4C=C[C@@](C(OC(C)=O)OC(C)=O)(O4)[C@H]3C2=O)c1. The number of anilines is 1. The number of methoxy groups -OCH3 is 1. The number of ether oxygens (including phenoxy) is 4. The summed E-state index contributed by atoms with van der Waals surface area (Å²) < 4.78 is 21.4. The Morgan fingerprint density at radius 3 is 2.45 bits per heavy atom. The van der Waals surface area contributed by atoms with Crippen molar-refractivity contribution in [1.82, 2.24) is 0 Å². The van der Waals surface area contributed by atoms with Gasteiger partial charge in [-0.3, -0.25) is 19.2 Å². The molecule has 3 aliphatic heterocycles. The third-order valence-electron chi connectivity index (χ3n) is 5.30. The van der Waals surface area contributed by atoms with E-state index in [-0.39, 0.29) is 0 Å². The summed E-state index contributed by atoms with van der Waals surface area (Å²) in [6, 6.07) is 6.57. The largest absolute Gasteiger partial charge is 0.497 e. The molecule has 4 atom stereocenters. The molecule has 4 rings (SSSR count). The second-order valence-corrected chi connectivity index (χ2v) is 7.06. The van der Waals surface area contributed by atoms with E-state index in [1.54, 1.807) is 30.3 Å². The number of amides is 2. The van der Waals surface area contributed by atoms with Crippen LogP contribution in [-0.2, 0) is 33.4 Å². The first-order valence-corrected chi connectivity index (χ1v) is 9.02. The third kappa shape index (κ3) is 2.80. The molecule has 29 heavy (non-hydrogen) atoms. The minimum absolute atomic E-state index is 0.361. The van der Waals surface area contributed by atoms with Crippen LogP contribution >= 0.6 is 0 Å². The fraction of sp³-hybridized carbons (Fsp3) is 0.400. The van der Waals surface area contributed by atoms with Gasteiger partial charge in [-0.05, 0) is 18.2 Å². The summed E-state index contributed by atoms with van der Waals surface area (Å²) in [7, 11) is 1.48. The van der Waals surface area contributed by atoms with Crippen molar-refractivity contribution in [2.45, 2.75) is 31.8 Å². The van der Waals surface area contributed by atoms with Gasteiger partial charge in [0, 0.05) is 19.9 Å². The van der Waals surface area contributed by atoms with Gasteiger partial charge in [0.25, 0.3) is 6.29 Å². The van der Waals surface area contributed by atoms with Crippen LogP contribution in [-0.4, -0.2) is 48.9 Å². The number of nitrogens with zero attached hydrogens (tertiary/aromatic N) is 1. The van der Waals surface area contributed by atoms with Crippen LogP contribution in [0.25, 0.3) is 0 Å². The summed E-state index contributed by atoms with van der Waals surface area (Å²) in [6.45, 7) is 2.31. The predicted molar refractivity (Wildman–Crippen MR) is 96.5 cm³/mol. The second kappa shape index (κ2) is 6.70. The van der Waals surface area contributed by atoms with E-state index in [2.05, 4.69) is 0 Å². The Hall–Kier alpha value is -3.20. The first-order valence-electron chi connectivity index (χ1n) is 9.02. The lowest BCUT2D eigenvalue weighted by Gasteiger charge is -2.34. The number of hydrogen-bond acceptors (Lipinski definition) is 8. The number of rotatable bonds is 5. The van der Waals surface area contributed by atoms with Gasteiger partial charge < -0.3 is 18.9 Å². The van der Waals surface area contributed by atoms with Gasteiger partial charge in [-0.25, -0.2) is 4.90 Å². The van der Waals surface area contributed by atoms with Crippen molar-refractivity contribution >= 4 is 29.4 Å². The Kier molecular flexibility index (Phi) is 4.42. The monoisotopic (exact) mass is 401 g/mol. The molecule has 0 saturated carbocycles. The van der Waals surface area contributed by atoms with Crippen LogP contribution in [0.3, 0.4) is 0 Å². The van der Waals surface area contributed by atoms with Gasteiger partial charge in [-0.2, -0.15) is 0 Å². The van der Waals surface area contributed by atoms with Gasteiger partial charge in [0.1, 0.15) is 5.75 Å². The zero-order valence-electron chi connectivity index (χ0n) is 16.0. The van der Waals surface area contributed by atoms with E-state index in [1.165, 1.54) is 13.2 Å². The topological polar surface area (TPSA) is 108 Å². The molecule has 9 heteroatoms. The van der Waals surface area contributed by atoms with E-state index < -0.39 is 53.6 Å². The van der Waals surface area contributed by atoms with Gasteiger partial charge in [-0.15, -0.1) is 0 Å². The van der Waals surface area contributed by atoms with Crippen molar-refractivity contribution in [2.75, 3.05) is 12.0 Å². The fourth-order valence-corrected chi connectivity index (χ4v) is 4.22. The number of fused-ring (bicyclic) bond motifs is 5. The highest BCUT2D eigenvalue weighted by Gasteiger charge is 2.72. The summed E-state index contributed by atoms with van der Waals surface area (Å²) in [4.78, 5) is 50.7. The van der Waals surface area contributed by atoms with Gasteiger partial charge >= 0.3 is 11.9 Å². The lowest BCUT2D eigenvalue weighted by Crippen LogP contribution is -2.52. The molecule has 0 unspecified atom stereocenters. The molecule has 0 N–H and O–H groups in total. The average molecular weight is 401 g/mol. The molecule has 0 spiro atoms. The summed E-state index contributed by atoms with van der Waals surface area (Å²) >= 11 is 0. The van der Waals surface area contributed by atoms with Crippen LogP contribution in [0.1, 0.15) is 13.8 Å². The smallest absolute Gasteiger partial charge is 0.305 e. The minimum atomic E-state index is -1.56. The molecule has 2 amide bonds. The van der Waals surface area contributed by atoms with Crippen molar-refractivity contribution in [1.29, 1.82) is 0 Å². The Labute approximate surface area is 166 Å². The van der Waals surface area contributed by atoms with Crippen molar-refractivity contribution in [2.24, 2.45) is 11.8 Å². The molecule has 1 aromatic rings. The average Bonchev–Trinajstić information content (AvgIpc) is 3.32. The summed E-state index contributed by atoms with van der Waals surface area (Å²) in [5.41, 5.74) is -1.20. The van der Waals surface area contributed by atoms with Crippen LogP contribution in [0, 0.1) is 11.8 Å². The van der Waals surface area contributed by atoms with Gasteiger partial charge in [0.2, 0.25) is 11.8 Å². The number of imide groups is 1. The lowest BCUT2D eigenvalue weighted by atomic mass is 9.76. The molecular formula is C20H19NO8. The molecule has 3 heterocycles. The standard InChI is InChI=1S/C20H19NO8/c1-10(22)27-19(28-11(2)23)20-8-7-14(29-20)15-16(20)18(25)21(17(15)24)12-5-4-6-13(9-12)26-3/h4-9,14-16,19H,1-3H3/t14-,15-,16+,20+/m0/s1. The highest BCUT2D eigenvalue weighted by atomic mass is 16.7. The molecule has 2 bridgehead atoms. The van der Waals surface area contributed by atoms with Crippen LogP contribution in [0.5, 0.6) is 5.75 Å². The quantitative estimate of drug-likeness (QED) is 0.311. The number of carbonyl (C=O) groups excluding carboxylic acids is 4. The first kappa shape index (κ1) is 19.1. The zero-order valence-corrected chi connectivity index (χ0v) is 16.0. The maximum atomic E-state index is 13.3. The molecule has 2 saturated heterocycles. The van der Waals surface area contributed by atoms with E-state index >= 15 is 0 Å². The normalized spacial score (nSPS) is 29.4. The Morgan fingerprint density at radius 1 is 1.14 bits per heavy atom. The van der Waals surface area contributed by atoms with Crippen LogP contribution in [0.15, 0.2) is 36.4 Å². The molecule has 9 nitrogen and oxygen atoms in total. The predicted octanol–water partition coefficient (Wildman–Crippen LogP) is 0.960. The number of hydrogen-bond donors (Lipinski definition) is 0. The zero-order chi connectivity index (χ0) is 20.9. The molecule has 0 aliphatic carbocycles. The van der Waals surface area contributed by atoms with Crippen molar-refractivity contribution in [3.8, 4) is 5.75 Å². The molecule has 3 aliphatic rings. The molecular weight excluding hydrogens is 382 g/mol. The number of carbonyl (C=O) groups is 4. The Balaban J connectivity index is 1.74. The second-order valence-electron chi connectivity index (χ2n) is 7.06. The molecule has 152 valence electrons. The number of benzene rings is 1. The summed E-state index contributed by atoms with van der Waals surface area (Å²) in [6.07, 6.45) is 0.980. The van der Waals surface area contributed by atoms with E-state index in [0.717, 1.165) is 18.7 Å². The fourth-order valence-electron chi connectivity index (χ4n) is 4.22. The highest BCUT2D eigenvalue weighted by molar-refractivity contribution is 6.23. The van der Waals surface area contributed by atoms with Crippen LogP contribution < -0.4 is 9.64 Å². The minimum Gasteiger partial charge on any atom is -0.497 e. The van der Waals surface area contributed by atoms with Crippen molar-refractivity contribution < 1.29 is 38.1 Å². The number of esters is 2. The lowest BCUT2D eigenvalue weighted by molar-refractivity contribution is -0.226. The highest BCUT2D eigenvalue weighted by Crippen LogP contribution is 2.54. The summed E-state index contributed by atoms with van der Waals surface area (Å²) in [5.74, 6) is -3.71. The molecule has 1 aromatic carbocycles. The maximum absolute atomic E-state index is 13.3. The Morgan fingerprint density at radius 2 is 1.83 bits per heavy atom. The van der Waals surface area contributed by atoms with Crippen molar-refractivity contribution in [3.63, 3.8) is 0 Å². The van der Waals surface area contributed by atoms with E-state index in [4.69, 9.17) is 18.9 Å². The van der Waals surface area contributed by atoms with Gasteiger partial charge in [0.15, 0.2) is 5.60 Å². The molecule has 2 fully saturated rings. The van der Waals surface area contributed by atoms with Crippen LogP contribution in [0.2, 0.25) is 0 Å². The van der Waals surface area contributed by atoms with E-state index in [9.17, 15) is 19.2 Å². The van der Waals surface area contributed by atoms with E-state index in [1.807, 2.05) is 0 Å². The van der Waals surface area contributed by atoms with Gasteiger partial charge in [0.05, 0.1) is 30.7 Å². The van der Waals surface area contributed by atoms with Crippen LogP contribution in [0.4, 0.5) is 5.69 Å². The first-order chi connectivity index (χ1) is 13.8. The van der Waals surface area contributed by atoms with Gasteiger partial charge in [-0.1, -0.05) is 12.1 Å². The maximum Gasteiger partial charge on any atom is 0.305 e. The van der Waals surface area contributed by atoms with E-state index in [0.29, 0.717) is 11.4 Å². The van der Waals surface area contributed by atoms with Crippen molar-refractivity contribution in [3.05, 3.63) is 36.4 Å². The molecule has 0 radical (unpaired) electrons. The third-order valence-corrected chi connectivity index (χ3v) is 5.30. The summed E-state index contributed by atoms with van der Waals surface area (Å²) in [5, 5.41) is 0. The Bertz CT molecular complexity index is 924.